The van der Waals surface area contributed by atoms with E-state index in [0.717, 1.165) is 5.56 Å². The van der Waals surface area contributed by atoms with Crippen LogP contribution in [0.4, 0.5) is 11.4 Å². The van der Waals surface area contributed by atoms with Gasteiger partial charge in [0, 0.05) is 57.8 Å². The number of hydrogen-bond acceptors (Lipinski definition) is 6. The van der Waals surface area contributed by atoms with Crippen molar-refractivity contribution in [1.82, 2.24) is 10.2 Å². The Morgan fingerprint density at radius 2 is 2.03 bits per heavy atom. The molecule has 3 rings (SSSR count). The molecule has 0 aliphatic carbocycles. The van der Waals surface area contributed by atoms with E-state index in [1.807, 2.05) is 42.2 Å². The zero-order chi connectivity index (χ0) is 21.0. The summed E-state index contributed by atoms with van der Waals surface area (Å²) < 4.78 is 5.98. The van der Waals surface area contributed by atoms with Gasteiger partial charge in [0.2, 0.25) is 5.91 Å². The number of carbonyl (C=O) groups is 1. The summed E-state index contributed by atoms with van der Waals surface area (Å²) in [6.45, 7) is 5.79. The van der Waals surface area contributed by atoms with Crippen molar-refractivity contribution >= 4 is 17.3 Å². The Morgan fingerprint density at radius 1 is 1.31 bits per heavy atom. The number of ether oxygens (including phenoxy) is 1. The lowest BCUT2D eigenvalue weighted by Gasteiger charge is -2.37. The average molecular weight is 398 g/mol. The van der Waals surface area contributed by atoms with E-state index in [1.165, 1.54) is 13.0 Å². The molecule has 1 saturated heterocycles. The smallest absolute Gasteiger partial charge is 0.293 e. The molecule has 0 spiro atoms. The molecule has 1 N–H and O–H groups in total. The van der Waals surface area contributed by atoms with Crippen molar-refractivity contribution < 1.29 is 14.5 Å². The first-order valence-electron chi connectivity index (χ1n) is 9.57. The molecular weight excluding hydrogens is 372 g/mol. The Balaban J connectivity index is 1.90. The van der Waals surface area contributed by atoms with Gasteiger partial charge < -0.3 is 19.9 Å². The standard InChI is InChI=1S/C21H26N4O4/c1-15-20(29-18-7-5-4-6-8-18)10-9-19(25(27)28)21(15)24-12-11-22-17(14-24)13-23(3)16(2)26/h4-10,17,22H,11-14H2,1-3H3/t17-/m0/s1. The van der Waals surface area contributed by atoms with Gasteiger partial charge in [-0.2, -0.15) is 0 Å². The van der Waals surface area contributed by atoms with Gasteiger partial charge in [-0.3, -0.25) is 14.9 Å². The van der Waals surface area contributed by atoms with E-state index >= 15 is 0 Å². The number of benzene rings is 2. The molecule has 2 aromatic rings. The third-order valence-corrected chi connectivity index (χ3v) is 5.13. The fourth-order valence-electron chi connectivity index (χ4n) is 3.55. The third kappa shape index (κ3) is 4.83. The van der Waals surface area contributed by atoms with Gasteiger partial charge in [0.1, 0.15) is 17.2 Å². The predicted molar refractivity (Wildman–Crippen MR) is 112 cm³/mol. The highest BCUT2D eigenvalue weighted by molar-refractivity contribution is 5.73. The van der Waals surface area contributed by atoms with Crippen molar-refractivity contribution in [1.29, 1.82) is 0 Å². The number of rotatable bonds is 6. The van der Waals surface area contributed by atoms with Crippen LogP contribution in [0.5, 0.6) is 11.5 Å². The fourth-order valence-corrected chi connectivity index (χ4v) is 3.55. The molecule has 1 aliphatic rings. The number of carbonyl (C=O) groups excluding carboxylic acids is 1. The molecule has 1 aliphatic heterocycles. The van der Waals surface area contributed by atoms with Gasteiger partial charge in [0.25, 0.3) is 5.69 Å². The van der Waals surface area contributed by atoms with Crippen molar-refractivity contribution in [3.8, 4) is 11.5 Å². The van der Waals surface area contributed by atoms with Crippen LogP contribution in [0.25, 0.3) is 0 Å². The van der Waals surface area contributed by atoms with E-state index in [4.69, 9.17) is 4.74 Å². The van der Waals surface area contributed by atoms with Crippen LogP contribution in [0.1, 0.15) is 12.5 Å². The number of likely N-dealkylation sites (N-methyl/N-ethyl adjacent to an activating group) is 1. The highest BCUT2D eigenvalue weighted by Gasteiger charge is 2.29. The summed E-state index contributed by atoms with van der Waals surface area (Å²) in [5.74, 6) is 1.26. The topological polar surface area (TPSA) is 88.0 Å². The molecule has 0 unspecified atom stereocenters. The predicted octanol–water partition coefficient (Wildman–Crippen LogP) is 2.95. The largest absolute Gasteiger partial charge is 0.457 e. The van der Waals surface area contributed by atoms with E-state index in [9.17, 15) is 14.9 Å². The maximum absolute atomic E-state index is 11.7. The first-order chi connectivity index (χ1) is 13.9. The molecule has 1 fully saturated rings. The second kappa shape index (κ2) is 8.91. The van der Waals surface area contributed by atoms with Gasteiger partial charge in [0.05, 0.1) is 4.92 Å². The van der Waals surface area contributed by atoms with Gasteiger partial charge in [-0.15, -0.1) is 0 Å². The molecule has 0 bridgehead atoms. The highest BCUT2D eigenvalue weighted by atomic mass is 16.6. The highest BCUT2D eigenvalue weighted by Crippen LogP contribution is 2.39. The van der Waals surface area contributed by atoms with Crippen LogP contribution in [0.3, 0.4) is 0 Å². The quantitative estimate of drug-likeness (QED) is 0.595. The van der Waals surface area contributed by atoms with Crippen molar-refractivity contribution in [3.63, 3.8) is 0 Å². The summed E-state index contributed by atoms with van der Waals surface area (Å²) in [6, 6.07) is 12.5. The lowest BCUT2D eigenvalue weighted by atomic mass is 10.1. The third-order valence-electron chi connectivity index (χ3n) is 5.13. The van der Waals surface area contributed by atoms with Crippen LogP contribution in [-0.4, -0.2) is 55.0 Å². The molecule has 1 amide bonds. The van der Waals surface area contributed by atoms with E-state index in [0.29, 0.717) is 43.4 Å². The normalized spacial score (nSPS) is 16.4. The molecule has 8 heteroatoms. The van der Waals surface area contributed by atoms with Gasteiger partial charge >= 0.3 is 0 Å². The summed E-state index contributed by atoms with van der Waals surface area (Å²) in [7, 11) is 1.75. The number of piperazine rings is 1. The average Bonchev–Trinajstić information content (AvgIpc) is 2.70. The molecule has 2 aromatic carbocycles. The summed E-state index contributed by atoms with van der Waals surface area (Å²) >= 11 is 0. The SMILES string of the molecule is CC(=O)N(C)C[C@H]1CN(c2c([N+](=O)[O-])ccc(Oc3ccccc3)c2C)CCN1. The number of hydrogen-bond donors (Lipinski definition) is 1. The Labute approximate surface area is 170 Å². The van der Waals surface area contributed by atoms with Crippen LogP contribution in [-0.2, 0) is 4.79 Å². The number of anilines is 1. The van der Waals surface area contributed by atoms with E-state index in [-0.39, 0.29) is 22.6 Å². The van der Waals surface area contributed by atoms with E-state index in [2.05, 4.69) is 5.32 Å². The summed E-state index contributed by atoms with van der Waals surface area (Å²) in [5.41, 5.74) is 1.35. The Kier molecular flexibility index (Phi) is 6.33. The first kappa shape index (κ1) is 20.6. The Morgan fingerprint density at radius 3 is 2.69 bits per heavy atom. The van der Waals surface area contributed by atoms with Crippen molar-refractivity contribution in [2.24, 2.45) is 0 Å². The lowest BCUT2D eigenvalue weighted by molar-refractivity contribution is -0.384. The Bertz CT molecular complexity index is 888. The minimum Gasteiger partial charge on any atom is -0.457 e. The summed E-state index contributed by atoms with van der Waals surface area (Å²) in [4.78, 5) is 26.6. The van der Waals surface area contributed by atoms with Gasteiger partial charge in [-0.25, -0.2) is 0 Å². The van der Waals surface area contributed by atoms with Crippen molar-refractivity contribution in [3.05, 3.63) is 58.1 Å². The molecule has 29 heavy (non-hydrogen) atoms. The zero-order valence-corrected chi connectivity index (χ0v) is 16.9. The van der Waals surface area contributed by atoms with Crippen LogP contribution in [0.15, 0.2) is 42.5 Å². The minimum absolute atomic E-state index is 0.00987. The maximum atomic E-state index is 11.7. The summed E-state index contributed by atoms with van der Waals surface area (Å²) in [6.07, 6.45) is 0. The number of amides is 1. The molecular formula is C21H26N4O4. The second-order valence-corrected chi connectivity index (χ2v) is 7.23. The number of nitrogens with one attached hydrogen (secondary N) is 1. The molecule has 8 nitrogen and oxygen atoms in total. The number of nitro groups is 1. The molecule has 0 radical (unpaired) electrons. The van der Waals surface area contributed by atoms with Crippen LogP contribution >= 0.6 is 0 Å². The molecule has 0 saturated carbocycles. The van der Waals surface area contributed by atoms with Gasteiger partial charge in [0.15, 0.2) is 0 Å². The van der Waals surface area contributed by atoms with Crippen molar-refractivity contribution in [2.75, 3.05) is 38.1 Å². The van der Waals surface area contributed by atoms with Gasteiger partial charge in [-0.1, -0.05) is 18.2 Å². The number of nitro benzene ring substituents is 1. The minimum atomic E-state index is -0.354. The van der Waals surface area contributed by atoms with Crippen LogP contribution in [0.2, 0.25) is 0 Å². The molecule has 0 aromatic heterocycles. The van der Waals surface area contributed by atoms with Crippen LogP contribution in [0, 0.1) is 17.0 Å². The molecule has 1 heterocycles. The van der Waals surface area contributed by atoms with Gasteiger partial charge in [-0.05, 0) is 25.1 Å². The fraction of sp³-hybridized carbons (Fsp3) is 0.381. The molecule has 154 valence electrons. The second-order valence-electron chi connectivity index (χ2n) is 7.23. The summed E-state index contributed by atoms with van der Waals surface area (Å²) in [5, 5.41) is 15.1. The lowest BCUT2D eigenvalue weighted by Crippen LogP contribution is -2.55. The number of para-hydroxylation sites is 1. The van der Waals surface area contributed by atoms with Crippen molar-refractivity contribution in [2.45, 2.75) is 19.9 Å². The number of nitrogens with zero attached hydrogens (tertiary/aromatic N) is 3. The maximum Gasteiger partial charge on any atom is 0.293 e. The van der Waals surface area contributed by atoms with Crippen LogP contribution < -0.4 is 15.0 Å². The molecule has 1 atom stereocenters. The monoisotopic (exact) mass is 398 g/mol. The van der Waals surface area contributed by atoms with E-state index in [1.54, 1.807) is 18.0 Å². The van der Waals surface area contributed by atoms with E-state index < -0.39 is 0 Å². The zero-order valence-electron chi connectivity index (χ0n) is 16.9. The Hall–Kier alpha value is -3.13. The first-order valence-corrected chi connectivity index (χ1v) is 9.57.